The number of nitriles is 1. The van der Waals surface area contributed by atoms with E-state index in [0.29, 0.717) is 28.5 Å². The number of nitrogens with zero attached hydrogens (tertiary/aromatic N) is 2. The summed E-state index contributed by atoms with van der Waals surface area (Å²) in [6.45, 7) is 9.50. The molecule has 1 unspecified atom stereocenters. The van der Waals surface area contributed by atoms with Gasteiger partial charge in [-0.3, -0.25) is 4.90 Å². The monoisotopic (exact) mass is 371 g/mol. The first-order valence-corrected chi connectivity index (χ1v) is 9.58. The molecule has 1 aromatic carbocycles. The Balaban J connectivity index is 1.65. The third kappa shape index (κ3) is 4.41. The van der Waals surface area contributed by atoms with E-state index in [1.807, 2.05) is 25.1 Å². The predicted octanol–water partition coefficient (Wildman–Crippen LogP) is 5.07. The second kappa shape index (κ2) is 8.16. The molecule has 2 aromatic rings. The first kappa shape index (κ1) is 18.8. The normalized spacial score (nSPS) is 18.8. The van der Waals surface area contributed by atoms with Gasteiger partial charge in [-0.15, -0.1) is 0 Å². The van der Waals surface area contributed by atoms with Crippen LogP contribution in [0.5, 0.6) is 0 Å². The van der Waals surface area contributed by atoms with E-state index >= 15 is 0 Å². The molecule has 5 heteroatoms. The maximum atomic E-state index is 9.04. The Labute approximate surface area is 160 Å². The lowest BCUT2D eigenvalue weighted by molar-refractivity contribution is 0.271. The number of rotatable bonds is 6. The first-order chi connectivity index (χ1) is 12.5. The average molecular weight is 372 g/mol. The van der Waals surface area contributed by atoms with Crippen LogP contribution in [0.4, 0.5) is 5.69 Å². The van der Waals surface area contributed by atoms with Gasteiger partial charge in [-0.05, 0) is 62.1 Å². The van der Waals surface area contributed by atoms with Crippen molar-refractivity contribution in [2.45, 2.75) is 39.8 Å². The highest BCUT2D eigenvalue weighted by molar-refractivity contribution is 6.32. The summed E-state index contributed by atoms with van der Waals surface area (Å²) >= 11 is 6.19. The second-order valence-electron chi connectivity index (χ2n) is 7.52. The Hall–Kier alpha value is -1.96. The Morgan fingerprint density at radius 2 is 2.15 bits per heavy atom. The molecule has 1 aliphatic heterocycles. The molecule has 1 fully saturated rings. The highest BCUT2D eigenvalue weighted by atomic mass is 35.5. The van der Waals surface area contributed by atoms with Gasteiger partial charge in [0.15, 0.2) is 0 Å². The van der Waals surface area contributed by atoms with Gasteiger partial charge in [0, 0.05) is 18.3 Å². The van der Waals surface area contributed by atoms with Crippen molar-refractivity contribution in [1.29, 1.82) is 5.26 Å². The fraction of sp³-hybridized carbons (Fsp3) is 0.476. The van der Waals surface area contributed by atoms with E-state index in [9.17, 15) is 0 Å². The third-order valence-corrected chi connectivity index (χ3v) is 5.45. The minimum Gasteiger partial charge on any atom is -0.465 e. The van der Waals surface area contributed by atoms with E-state index in [-0.39, 0.29) is 0 Å². The van der Waals surface area contributed by atoms with Crippen LogP contribution in [0.3, 0.4) is 0 Å². The summed E-state index contributed by atoms with van der Waals surface area (Å²) in [6.07, 6.45) is 1.17. The molecule has 0 radical (unpaired) electrons. The summed E-state index contributed by atoms with van der Waals surface area (Å²) in [5.41, 5.74) is 1.49. The van der Waals surface area contributed by atoms with Gasteiger partial charge in [-0.25, -0.2) is 0 Å². The van der Waals surface area contributed by atoms with Crippen molar-refractivity contribution < 1.29 is 4.42 Å². The van der Waals surface area contributed by atoms with Crippen molar-refractivity contribution in [3.8, 4) is 6.07 Å². The number of halogens is 1. The molecule has 0 bridgehead atoms. The SMILES string of the molecule is Cc1ccc(CN2CC[C@H](C(Nc3ccc(C#N)c(Cl)c3)C(C)C)C2)o1. The average Bonchev–Trinajstić information content (AvgIpc) is 3.22. The molecule has 1 aliphatic rings. The summed E-state index contributed by atoms with van der Waals surface area (Å²) in [5.74, 6) is 3.08. The van der Waals surface area contributed by atoms with Crippen LogP contribution in [0, 0.1) is 30.1 Å². The van der Waals surface area contributed by atoms with E-state index in [4.69, 9.17) is 21.3 Å². The second-order valence-corrected chi connectivity index (χ2v) is 7.92. The zero-order valence-electron chi connectivity index (χ0n) is 15.6. The van der Waals surface area contributed by atoms with Crippen LogP contribution < -0.4 is 5.32 Å². The standard InChI is InChI=1S/C21H26ClN3O/c1-14(2)21(24-18-6-5-16(11-23)20(22)10-18)17-8-9-25(12-17)13-19-7-4-15(3)26-19/h4-7,10,14,17,21,24H,8-9,12-13H2,1-3H3/t17-,21?/m0/s1. The molecule has 0 aliphatic carbocycles. The number of hydrogen-bond donors (Lipinski definition) is 1. The van der Waals surface area contributed by atoms with Gasteiger partial charge >= 0.3 is 0 Å². The number of benzene rings is 1. The lowest BCUT2D eigenvalue weighted by atomic mass is 9.89. The maximum absolute atomic E-state index is 9.04. The Morgan fingerprint density at radius 1 is 1.35 bits per heavy atom. The van der Waals surface area contributed by atoms with Gasteiger partial charge in [0.25, 0.3) is 0 Å². The molecule has 1 aromatic heterocycles. The van der Waals surface area contributed by atoms with Crippen LogP contribution in [-0.4, -0.2) is 24.0 Å². The van der Waals surface area contributed by atoms with Gasteiger partial charge < -0.3 is 9.73 Å². The highest BCUT2D eigenvalue weighted by Gasteiger charge is 2.31. The molecule has 3 rings (SSSR count). The van der Waals surface area contributed by atoms with Gasteiger partial charge in [-0.2, -0.15) is 5.26 Å². The van der Waals surface area contributed by atoms with E-state index in [0.717, 1.165) is 36.8 Å². The summed E-state index contributed by atoms with van der Waals surface area (Å²) in [4.78, 5) is 2.46. The van der Waals surface area contributed by atoms with Crippen molar-refractivity contribution in [2.75, 3.05) is 18.4 Å². The van der Waals surface area contributed by atoms with Gasteiger partial charge in [0.2, 0.25) is 0 Å². The van der Waals surface area contributed by atoms with Crippen LogP contribution >= 0.6 is 11.6 Å². The lowest BCUT2D eigenvalue weighted by Gasteiger charge is -2.29. The molecular formula is C21H26ClN3O. The quantitative estimate of drug-likeness (QED) is 0.770. The summed E-state index contributed by atoms with van der Waals surface area (Å²) < 4.78 is 5.72. The number of furan rings is 1. The maximum Gasteiger partial charge on any atom is 0.118 e. The molecule has 4 nitrogen and oxygen atoms in total. The smallest absolute Gasteiger partial charge is 0.118 e. The van der Waals surface area contributed by atoms with Crippen molar-refractivity contribution in [1.82, 2.24) is 4.90 Å². The minimum atomic E-state index is 0.363. The number of likely N-dealkylation sites (tertiary alicyclic amines) is 1. The van der Waals surface area contributed by atoms with Gasteiger partial charge in [0.05, 0.1) is 17.1 Å². The van der Waals surface area contributed by atoms with Crippen LogP contribution in [0.15, 0.2) is 34.7 Å². The zero-order valence-corrected chi connectivity index (χ0v) is 16.4. The highest BCUT2D eigenvalue weighted by Crippen LogP contribution is 2.29. The van der Waals surface area contributed by atoms with E-state index in [1.54, 1.807) is 6.07 Å². The molecule has 0 spiro atoms. The van der Waals surface area contributed by atoms with Crippen LogP contribution in [0.1, 0.15) is 37.4 Å². The van der Waals surface area contributed by atoms with Crippen LogP contribution in [0.2, 0.25) is 5.02 Å². The molecule has 0 amide bonds. The third-order valence-electron chi connectivity index (χ3n) is 5.13. The largest absolute Gasteiger partial charge is 0.465 e. The minimum absolute atomic E-state index is 0.363. The van der Waals surface area contributed by atoms with E-state index in [2.05, 4.69) is 36.2 Å². The molecule has 1 N–H and O–H groups in total. The molecule has 1 saturated heterocycles. The Kier molecular flexibility index (Phi) is 5.90. The topological polar surface area (TPSA) is 52.2 Å². The summed E-state index contributed by atoms with van der Waals surface area (Å²) in [7, 11) is 0. The number of aryl methyl sites for hydroxylation is 1. The molecule has 2 heterocycles. The van der Waals surface area contributed by atoms with Crippen molar-refractivity contribution >= 4 is 17.3 Å². The van der Waals surface area contributed by atoms with Crippen LogP contribution in [0.25, 0.3) is 0 Å². The van der Waals surface area contributed by atoms with Gasteiger partial charge in [-0.1, -0.05) is 25.4 Å². The van der Waals surface area contributed by atoms with Crippen molar-refractivity contribution in [3.63, 3.8) is 0 Å². The first-order valence-electron chi connectivity index (χ1n) is 9.20. The predicted molar refractivity (Wildman–Crippen MR) is 105 cm³/mol. The molecule has 138 valence electrons. The molecule has 26 heavy (non-hydrogen) atoms. The fourth-order valence-corrected chi connectivity index (χ4v) is 4.03. The summed E-state index contributed by atoms with van der Waals surface area (Å²) in [5, 5.41) is 13.2. The van der Waals surface area contributed by atoms with Gasteiger partial charge in [0.1, 0.15) is 17.6 Å². The van der Waals surface area contributed by atoms with Crippen molar-refractivity contribution in [3.05, 3.63) is 52.4 Å². The Bertz CT molecular complexity index is 793. The van der Waals surface area contributed by atoms with E-state index < -0.39 is 0 Å². The Morgan fingerprint density at radius 3 is 2.77 bits per heavy atom. The number of hydrogen-bond acceptors (Lipinski definition) is 4. The van der Waals surface area contributed by atoms with Crippen molar-refractivity contribution in [2.24, 2.45) is 11.8 Å². The molecule has 0 saturated carbocycles. The molecule has 2 atom stereocenters. The zero-order chi connectivity index (χ0) is 18.7. The molecular weight excluding hydrogens is 346 g/mol. The van der Waals surface area contributed by atoms with Crippen LogP contribution in [-0.2, 0) is 6.54 Å². The summed E-state index contributed by atoms with van der Waals surface area (Å²) in [6, 6.07) is 12.1. The lowest BCUT2D eigenvalue weighted by Crippen LogP contribution is -2.36. The van der Waals surface area contributed by atoms with E-state index in [1.165, 1.54) is 6.42 Å². The number of nitrogens with one attached hydrogen (secondary N) is 1. The number of anilines is 1. The fourth-order valence-electron chi connectivity index (χ4n) is 3.81.